The number of nitrogens with zero attached hydrogens (tertiary/aromatic N) is 3. The summed E-state index contributed by atoms with van der Waals surface area (Å²) in [6.07, 6.45) is -2.95. The Bertz CT molecular complexity index is 668. The number of ketones is 1. The molecule has 0 radical (unpaired) electrons. The molecule has 1 atom stereocenters. The molecular weight excluding hydrogens is 315 g/mol. The number of halogens is 3. The molecule has 6 nitrogen and oxygen atoms in total. The van der Waals surface area contributed by atoms with Gasteiger partial charge in [-0.15, -0.1) is 0 Å². The number of hydrogen-bond donors (Lipinski definition) is 0. The number of Topliss-reactive ketones (excluding diaryl/α,β-unsaturated/α-hetero) is 1. The van der Waals surface area contributed by atoms with Crippen molar-refractivity contribution in [3.05, 3.63) is 29.8 Å². The Morgan fingerprint density at radius 1 is 1.39 bits per heavy atom. The molecule has 0 saturated carbocycles. The van der Waals surface area contributed by atoms with E-state index in [0.29, 0.717) is 6.42 Å². The molecule has 2 rings (SSSR count). The van der Waals surface area contributed by atoms with Crippen LogP contribution in [0.4, 0.5) is 13.2 Å². The molecule has 0 bridgehead atoms. The number of hydrogen-bond acceptors (Lipinski definition) is 6. The van der Waals surface area contributed by atoms with E-state index in [9.17, 15) is 18.0 Å². The second-order valence-corrected chi connectivity index (χ2v) is 4.82. The summed E-state index contributed by atoms with van der Waals surface area (Å²) in [5.41, 5.74) is 0.925. The van der Waals surface area contributed by atoms with Gasteiger partial charge in [-0.05, 0) is 25.0 Å². The van der Waals surface area contributed by atoms with Gasteiger partial charge in [0, 0.05) is 19.7 Å². The predicted octanol–water partition coefficient (Wildman–Crippen LogP) is 2.69. The van der Waals surface area contributed by atoms with Crippen LogP contribution in [0.2, 0.25) is 0 Å². The summed E-state index contributed by atoms with van der Waals surface area (Å²) in [6.45, 7) is 1.66. The Balaban J connectivity index is 2.02. The van der Waals surface area contributed by atoms with Crippen LogP contribution >= 0.6 is 0 Å². The van der Waals surface area contributed by atoms with Crippen LogP contribution in [0.15, 0.2) is 22.9 Å². The maximum Gasteiger partial charge on any atom is 0.471 e. The minimum Gasteiger partial charge on any atom is -0.374 e. The summed E-state index contributed by atoms with van der Waals surface area (Å²) in [6, 6.07) is 3.13. The van der Waals surface area contributed by atoms with Crippen molar-refractivity contribution in [3.8, 4) is 11.5 Å². The molecule has 0 N–H and O–H groups in total. The number of alkyl halides is 3. The van der Waals surface area contributed by atoms with Gasteiger partial charge in [0.2, 0.25) is 5.82 Å². The first kappa shape index (κ1) is 17.1. The number of aryl methyl sites for hydroxylation is 1. The summed E-state index contributed by atoms with van der Waals surface area (Å²) in [4.78, 5) is 18.9. The molecule has 23 heavy (non-hydrogen) atoms. The molecule has 2 heterocycles. The van der Waals surface area contributed by atoms with Gasteiger partial charge in [-0.2, -0.15) is 18.2 Å². The van der Waals surface area contributed by atoms with E-state index in [1.807, 2.05) is 0 Å². The van der Waals surface area contributed by atoms with Crippen molar-refractivity contribution >= 4 is 5.78 Å². The molecule has 1 unspecified atom stereocenters. The Hall–Kier alpha value is -2.29. The van der Waals surface area contributed by atoms with E-state index in [1.54, 1.807) is 13.0 Å². The molecule has 0 aliphatic carbocycles. The molecule has 2 aromatic rings. The van der Waals surface area contributed by atoms with Gasteiger partial charge >= 0.3 is 12.1 Å². The number of rotatable bonds is 6. The third kappa shape index (κ3) is 4.35. The molecule has 0 amide bonds. The van der Waals surface area contributed by atoms with Gasteiger partial charge in [0.1, 0.15) is 11.8 Å². The molecular formula is C14H14F3N3O3. The van der Waals surface area contributed by atoms with Crippen molar-refractivity contribution < 1.29 is 27.2 Å². The fraction of sp³-hybridized carbons (Fsp3) is 0.429. The lowest BCUT2D eigenvalue weighted by atomic mass is 10.1. The zero-order valence-electron chi connectivity index (χ0n) is 12.4. The molecule has 0 aromatic carbocycles. The zero-order chi connectivity index (χ0) is 17.0. The average Bonchev–Trinajstić information content (AvgIpc) is 3.02. The van der Waals surface area contributed by atoms with Gasteiger partial charge in [-0.3, -0.25) is 9.78 Å². The second kappa shape index (κ2) is 6.86. The normalized spacial score (nSPS) is 13.1. The third-order valence-corrected chi connectivity index (χ3v) is 3.19. The van der Waals surface area contributed by atoms with Crippen LogP contribution in [-0.2, 0) is 22.1 Å². The van der Waals surface area contributed by atoms with Gasteiger partial charge in [-0.1, -0.05) is 11.2 Å². The van der Waals surface area contributed by atoms with Crippen LogP contribution in [0.3, 0.4) is 0 Å². The first-order valence-corrected chi connectivity index (χ1v) is 6.73. The van der Waals surface area contributed by atoms with Crippen LogP contribution in [0.1, 0.15) is 24.8 Å². The summed E-state index contributed by atoms with van der Waals surface area (Å²) < 4.78 is 46.2. The van der Waals surface area contributed by atoms with Crippen molar-refractivity contribution in [3.63, 3.8) is 0 Å². The zero-order valence-corrected chi connectivity index (χ0v) is 12.4. The van der Waals surface area contributed by atoms with E-state index >= 15 is 0 Å². The Labute approximate surface area is 129 Å². The van der Waals surface area contributed by atoms with Crippen LogP contribution in [0, 0.1) is 0 Å². The fourth-order valence-electron chi connectivity index (χ4n) is 1.75. The molecule has 124 valence electrons. The van der Waals surface area contributed by atoms with Crippen LogP contribution < -0.4 is 0 Å². The standard InChI is InChI=1S/C14H14F3N3O3/c1-8(22-2)11(21)6-4-9-3-5-10(18-7-9)12-19-13(23-20-12)14(15,16)17/h3,5,7-8H,4,6H2,1-2H3. The molecule has 0 aliphatic rings. The average molecular weight is 329 g/mol. The highest BCUT2D eigenvalue weighted by atomic mass is 19.4. The SMILES string of the molecule is COC(C)C(=O)CCc1ccc(-c2noc(C(F)(F)F)n2)nc1. The lowest BCUT2D eigenvalue weighted by molar-refractivity contribution is -0.159. The number of pyridine rings is 1. The smallest absolute Gasteiger partial charge is 0.374 e. The van der Waals surface area contributed by atoms with E-state index < -0.39 is 18.2 Å². The van der Waals surface area contributed by atoms with E-state index in [-0.39, 0.29) is 23.7 Å². The van der Waals surface area contributed by atoms with Gasteiger partial charge < -0.3 is 9.26 Å². The Morgan fingerprint density at radius 2 is 2.13 bits per heavy atom. The Morgan fingerprint density at radius 3 is 2.65 bits per heavy atom. The minimum absolute atomic E-state index is 0.0374. The van der Waals surface area contributed by atoms with Gasteiger partial charge in [0.15, 0.2) is 5.78 Å². The molecule has 0 spiro atoms. The van der Waals surface area contributed by atoms with Crippen molar-refractivity contribution in [2.24, 2.45) is 0 Å². The third-order valence-electron chi connectivity index (χ3n) is 3.19. The molecule has 9 heteroatoms. The van der Waals surface area contributed by atoms with Crippen LogP contribution in [0.25, 0.3) is 11.5 Å². The first-order chi connectivity index (χ1) is 10.8. The van der Waals surface area contributed by atoms with Gasteiger partial charge in [-0.25, -0.2) is 0 Å². The minimum atomic E-state index is -4.69. The quantitative estimate of drug-likeness (QED) is 0.811. The van der Waals surface area contributed by atoms with E-state index in [1.165, 1.54) is 19.4 Å². The highest BCUT2D eigenvalue weighted by Gasteiger charge is 2.38. The molecule has 0 aliphatic heterocycles. The van der Waals surface area contributed by atoms with E-state index in [0.717, 1.165) is 5.56 Å². The number of ether oxygens (including phenoxy) is 1. The van der Waals surface area contributed by atoms with Crippen molar-refractivity contribution in [2.75, 3.05) is 7.11 Å². The summed E-state index contributed by atoms with van der Waals surface area (Å²) >= 11 is 0. The lowest BCUT2D eigenvalue weighted by Gasteiger charge is -2.07. The molecule has 2 aromatic heterocycles. The first-order valence-electron chi connectivity index (χ1n) is 6.73. The number of carbonyl (C=O) groups excluding carboxylic acids is 1. The highest BCUT2D eigenvalue weighted by Crippen LogP contribution is 2.28. The predicted molar refractivity (Wildman–Crippen MR) is 72.3 cm³/mol. The molecule has 0 fully saturated rings. The van der Waals surface area contributed by atoms with Crippen molar-refractivity contribution in [2.45, 2.75) is 32.0 Å². The van der Waals surface area contributed by atoms with Gasteiger partial charge in [0.25, 0.3) is 0 Å². The van der Waals surface area contributed by atoms with Crippen molar-refractivity contribution in [1.29, 1.82) is 0 Å². The number of methoxy groups -OCH3 is 1. The largest absolute Gasteiger partial charge is 0.471 e. The number of carbonyl (C=O) groups is 1. The summed E-state index contributed by atoms with van der Waals surface area (Å²) in [5, 5.41) is 3.25. The topological polar surface area (TPSA) is 78.1 Å². The van der Waals surface area contributed by atoms with Gasteiger partial charge in [0.05, 0.1) is 0 Å². The van der Waals surface area contributed by atoms with E-state index in [2.05, 4.69) is 19.6 Å². The second-order valence-electron chi connectivity index (χ2n) is 4.82. The van der Waals surface area contributed by atoms with Crippen molar-refractivity contribution in [1.82, 2.24) is 15.1 Å². The molecule has 0 saturated heterocycles. The summed E-state index contributed by atoms with van der Waals surface area (Å²) in [7, 11) is 1.46. The fourth-order valence-corrected chi connectivity index (χ4v) is 1.75. The Kier molecular flexibility index (Phi) is 5.09. The van der Waals surface area contributed by atoms with E-state index in [4.69, 9.17) is 4.74 Å². The maximum atomic E-state index is 12.4. The van der Waals surface area contributed by atoms with Crippen LogP contribution in [-0.4, -0.2) is 34.1 Å². The van der Waals surface area contributed by atoms with Crippen LogP contribution in [0.5, 0.6) is 0 Å². The monoisotopic (exact) mass is 329 g/mol. The lowest BCUT2D eigenvalue weighted by Crippen LogP contribution is -2.19. The maximum absolute atomic E-state index is 12.4. The highest BCUT2D eigenvalue weighted by molar-refractivity contribution is 5.82. The summed E-state index contributed by atoms with van der Waals surface area (Å²) in [5.74, 6) is -1.70. The number of aromatic nitrogens is 3.